The van der Waals surface area contributed by atoms with E-state index in [9.17, 15) is 14.4 Å². The molecule has 0 unspecified atom stereocenters. The molecule has 2 N–H and O–H groups in total. The van der Waals surface area contributed by atoms with Crippen molar-refractivity contribution < 1.29 is 19.1 Å². The van der Waals surface area contributed by atoms with Crippen molar-refractivity contribution >= 4 is 29.2 Å². The van der Waals surface area contributed by atoms with Crippen LogP contribution in [-0.2, 0) is 14.3 Å². The SMILES string of the molecule is NC(=O)c1cccnc1[C@@H](C(=O)N1C[C@H](Cl)[C@H]2OCC(=O)[C@H]21)C1CCCCC1. The van der Waals surface area contributed by atoms with E-state index in [2.05, 4.69) is 4.98 Å². The van der Waals surface area contributed by atoms with Gasteiger partial charge in [0.05, 0.1) is 22.6 Å². The Hall–Kier alpha value is -1.99. The molecule has 1 aromatic rings. The molecule has 4 atom stereocenters. The van der Waals surface area contributed by atoms with Crippen LogP contribution < -0.4 is 5.73 Å². The smallest absolute Gasteiger partial charge is 0.250 e. The largest absolute Gasteiger partial charge is 0.366 e. The van der Waals surface area contributed by atoms with Crippen LogP contribution in [0.3, 0.4) is 0 Å². The van der Waals surface area contributed by atoms with Crippen LogP contribution in [0.4, 0.5) is 0 Å². The molecule has 2 amide bonds. The molecule has 150 valence electrons. The van der Waals surface area contributed by atoms with E-state index in [1.165, 1.54) is 0 Å². The Morgan fingerprint density at radius 3 is 2.75 bits per heavy atom. The molecule has 0 aromatic carbocycles. The molecule has 1 aliphatic carbocycles. The Kier molecular flexibility index (Phi) is 5.38. The fourth-order valence-electron chi connectivity index (χ4n) is 4.89. The zero-order chi connectivity index (χ0) is 19.8. The molecule has 0 radical (unpaired) electrons. The van der Waals surface area contributed by atoms with Crippen molar-refractivity contribution in [2.75, 3.05) is 13.2 Å². The number of carbonyl (C=O) groups excluding carboxylic acids is 3. The fraction of sp³-hybridized carbons (Fsp3) is 0.600. The minimum absolute atomic E-state index is 0.0213. The predicted molar refractivity (Wildman–Crippen MR) is 102 cm³/mol. The summed E-state index contributed by atoms with van der Waals surface area (Å²) in [5, 5.41) is -0.424. The zero-order valence-corrected chi connectivity index (χ0v) is 16.3. The van der Waals surface area contributed by atoms with Crippen molar-refractivity contribution in [3.63, 3.8) is 0 Å². The van der Waals surface area contributed by atoms with Gasteiger partial charge in [-0.25, -0.2) is 0 Å². The number of amides is 2. The lowest BCUT2D eigenvalue weighted by atomic mass is 9.76. The third kappa shape index (κ3) is 3.31. The molecule has 3 aliphatic rings. The van der Waals surface area contributed by atoms with Gasteiger partial charge in [-0.3, -0.25) is 19.4 Å². The second-order valence-corrected chi connectivity index (χ2v) is 8.43. The van der Waals surface area contributed by atoms with Crippen LogP contribution >= 0.6 is 11.6 Å². The first-order chi connectivity index (χ1) is 13.5. The normalized spacial score (nSPS) is 29.0. The van der Waals surface area contributed by atoms with Gasteiger partial charge >= 0.3 is 0 Å². The van der Waals surface area contributed by atoms with Crippen LogP contribution in [-0.4, -0.2) is 58.2 Å². The summed E-state index contributed by atoms with van der Waals surface area (Å²) >= 11 is 6.37. The van der Waals surface area contributed by atoms with E-state index in [0.717, 1.165) is 32.1 Å². The summed E-state index contributed by atoms with van der Waals surface area (Å²) in [6, 6.07) is 2.59. The van der Waals surface area contributed by atoms with Gasteiger partial charge in [-0.15, -0.1) is 11.6 Å². The summed E-state index contributed by atoms with van der Waals surface area (Å²) < 4.78 is 5.51. The van der Waals surface area contributed by atoms with Crippen molar-refractivity contribution in [2.24, 2.45) is 11.7 Å². The number of fused-ring (bicyclic) bond motifs is 1. The van der Waals surface area contributed by atoms with Gasteiger partial charge in [-0.2, -0.15) is 0 Å². The van der Waals surface area contributed by atoms with E-state index in [0.29, 0.717) is 5.69 Å². The van der Waals surface area contributed by atoms with Gasteiger partial charge in [0.1, 0.15) is 18.8 Å². The lowest BCUT2D eigenvalue weighted by Crippen LogP contribution is -2.46. The van der Waals surface area contributed by atoms with Crippen LogP contribution in [0.25, 0.3) is 0 Å². The van der Waals surface area contributed by atoms with Crippen LogP contribution in [0, 0.1) is 5.92 Å². The van der Waals surface area contributed by atoms with Crippen LogP contribution in [0.15, 0.2) is 18.3 Å². The van der Waals surface area contributed by atoms with Crippen LogP contribution in [0.5, 0.6) is 0 Å². The van der Waals surface area contributed by atoms with Gasteiger partial charge in [0.15, 0.2) is 5.78 Å². The average Bonchev–Trinajstić information content (AvgIpc) is 3.24. The average molecular weight is 406 g/mol. The van der Waals surface area contributed by atoms with E-state index in [1.54, 1.807) is 23.2 Å². The summed E-state index contributed by atoms with van der Waals surface area (Å²) in [6.07, 6.45) is 6.05. The lowest BCUT2D eigenvalue weighted by molar-refractivity contribution is -0.139. The highest BCUT2D eigenvalue weighted by Gasteiger charge is 2.53. The van der Waals surface area contributed by atoms with E-state index < -0.39 is 29.3 Å². The number of hydrogen-bond acceptors (Lipinski definition) is 5. The highest BCUT2D eigenvalue weighted by atomic mass is 35.5. The third-order valence-electron chi connectivity index (χ3n) is 6.19. The molecule has 2 aliphatic heterocycles. The number of nitrogens with zero attached hydrogens (tertiary/aromatic N) is 2. The number of halogens is 1. The van der Waals surface area contributed by atoms with Gasteiger partial charge in [-0.05, 0) is 30.9 Å². The van der Waals surface area contributed by atoms with Gasteiger partial charge in [0, 0.05) is 12.7 Å². The molecule has 7 nitrogen and oxygen atoms in total. The molecule has 0 bridgehead atoms. The maximum Gasteiger partial charge on any atom is 0.250 e. The minimum atomic E-state index is -0.651. The number of primary amides is 1. The Morgan fingerprint density at radius 1 is 1.29 bits per heavy atom. The Morgan fingerprint density at radius 2 is 2.04 bits per heavy atom. The molecule has 4 rings (SSSR count). The highest BCUT2D eigenvalue weighted by molar-refractivity contribution is 6.22. The number of hydrogen-bond donors (Lipinski definition) is 1. The first-order valence-electron chi connectivity index (χ1n) is 9.82. The van der Waals surface area contributed by atoms with Gasteiger partial charge in [-0.1, -0.05) is 19.3 Å². The quantitative estimate of drug-likeness (QED) is 0.767. The molecular formula is C20H24ClN3O4. The van der Waals surface area contributed by atoms with Gasteiger partial charge < -0.3 is 15.4 Å². The summed E-state index contributed by atoms with van der Waals surface area (Å²) in [5.74, 6) is -1.49. The topological polar surface area (TPSA) is 103 Å². The standard InChI is InChI=1S/C20H24ClN3O4/c21-13-9-24(17-14(25)10-28-18(13)17)20(27)15(11-5-2-1-3-6-11)16-12(19(22)26)7-4-8-23-16/h4,7-8,11,13,15,17-18H,1-3,5-6,9-10H2,(H2,22,26)/t13-,15-,17+,18+/m0/s1. The maximum absolute atomic E-state index is 13.7. The molecule has 1 aromatic heterocycles. The Labute approximate surface area is 168 Å². The molecule has 0 spiro atoms. The minimum Gasteiger partial charge on any atom is -0.366 e. The summed E-state index contributed by atoms with van der Waals surface area (Å²) in [6.45, 7) is 0.232. The van der Waals surface area contributed by atoms with Crippen molar-refractivity contribution in [1.82, 2.24) is 9.88 Å². The van der Waals surface area contributed by atoms with Gasteiger partial charge in [0.2, 0.25) is 5.91 Å². The first kappa shape index (κ1) is 19.3. The Bertz CT molecular complexity index is 795. The number of nitrogens with two attached hydrogens (primary N) is 1. The molecule has 3 heterocycles. The van der Waals surface area contributed by atoms with Crippen molar-refractivity contribution in [3.05, 3.63) is 29.6 Å². The number of ketones is 1. The van der Waals surface area contributed by atoms with Crippen molar-refractivity contribution in [3.8, 4) is 0 Å². The molecular weight excluding hydrogens is 382 g/mol. The number of likely N-dealkylation sites (tertiary alicyclic amines) is 1. The van der Waals surface area contributed by atoms with Crippen molar-refractivity contribution in [1.29, 1.82) is 0 Å². The number of pyridine rings is 1. The van der Waals surface area contributed by atoms with E-state index in [1.807, 2.05) is 0 Å². The number of carbonyl (C=O) groups is 3. The lowest BCUT2D eigenvalue weighted by Gasteiger charge is -2.34. The highest BCUT2D eigenvalue weighted by Crippen LogP contribution is 2.40. The molecule has 1 saturated carbocycles. The second kappa shape index (κ2) is 7.79. The number of Topliss-reactive ketones (excluding diaryl/α,β-unsaturated/α-hetero) is 1. The summed E-state index contributed by atoms with van der Waals surface area (Å²) in [7, 11) is 0. The molecule has 2 saturated heterocycles. The summed E-state index contributed by atoms with van der Waals surface area (Å²) in [4.78, 5) is 44.0. The second-order valence-electron chi connectivity index (χ2n) is 7.87. The molecule has 28 heavy (non-hydrogen) atoms. The fourth-order valence-corrected chi connectivity index (χ4v) is 5.24. The van der Waals surface area contributed by atoms with E-state index in [4.69, 9.17) is 22.1 Å². The number of aromatic nitrogens is 1. The van der Waals surface area contributed by atoms with Crippen LogP contribution in [0.2, 0.25) is 0 Å². The first-order valence-corrected chi connectivity index (χ1v) is 10.3. The predicted octanol–water partition coefficient (Wildman–Crippen LogP) is 1.63. The number of rotatable bonds is 4. The molecule has 3 fully saturated rings. The van der Waals surface area contributed by atoms with E-state index >= 15 is 0 Å². The van der Waals surface area contributed by atoms with Crippen LogP contribution in [0.1, 0.15) is 54.1 Å². The van der Waals surface area contributed by atoms with Gasteiger partial charge in [0.25, 0.3) is 5.91 Å². The number of ether oxygens (including phenoxy) is 1. The Balaban J connectivity index is 1.73. The summed E-state index contributed by atoms with van der Waals surface area (Å²) in [5.41, 5.74) is 6.24. The molecule has 8 heteroatoms. The van der Waals surface area contributed by atoms with Crippen molar-refractivity contribution in [2.45, 2.75) is 55.5 Å². The maximum atomic E-state index is 13.7. The monoisotopic (exact) mass is 405 g/mol. The third-order valence-corrected chi connectivity index (χ3v) is 6.58. The zero-order valence-electron chi connectivity index (χ0n) is 15.6. The van der Waals surface area contributed by atoms with E-state index in [-0.39, 0.29) is 36.3 Å². The number of alkyl halides is 1.